The van der Waals surface area contributed by atoms with Gasteiger partial charge in [0.25, 0.3) is 0 Å². The van der Waals surface area contributed by atoms with Crippen LogP contribution < -0.4 is 5.32 Å². The molecule has 0 fully saturated rings. The highest BCUT2D eigenvalue weighted by Gasteiger charge is 2.36. The van der Waals surface area contributed by atoms with Crippen LogP contribution in [0.3, 0.4) is 0 Å². The predicted octanol–water partition coefficient (Wildman–Crippen LogP) is 4.13. The van der Waals surface area contributed by atoms with Gasteiger partial charge in [-0.1, -0.05) is 39.5 Å². The molecule has 0 spiro atoms. The van der Waals surface area contributed by atoms with E-state index in [9.17, 15) is 4.79 Å². The second-order valence-corrected chi connectivity index (χ2v) is 11.2. The molecule has 0 aliphatic carbocycles. The van der Waals surface area contributed by atoms with Gasteiger partial charge in [-0.05, 0) is 35.8 Å². The van der Waals surface area contributed by atoms with Crippen molar-refractivity contribution >= 4 is 19.9 Å². The monoisotopic (exact) mass is 290 g/mol. The molecule has 1 amide bonds. The number of rotatable bonds is 5. The van der Waals surface area contributed by atoms with Crippen molar-refractivity contribution in [1.82, 2.24) is 0 Å². The minimum absolute atomic E-state index is 0.188. The second-order valence-electron chi connectivity index (χ2n) is 6.35. The van der Waals surface area contributed by atoms with E-state index in [1.54, 1.807) is 6.07 Å². The zero-order valence-electron chi connectivity index (χ0n) is 13.0. The van der Waals surface area contributed by atoms with E-state index in [2.05, 4.69) is 51.8 Å². The zero-order valence-corrected chi connectivity index (χ0v) is 14.0. The molecule has 0 bridgehead atoms. The largest absolute Gasteiger partial charge is 0.413 e. The van der Waals surface area contributed by atoms with Crippen LogP contribution in [0.25, 0.3) is 0 Å². The summed E-state index contributed by atoms with van der Waals surface area (Å²) >= 11 is 0. The van der Waals surface area contributed by atoms with E-state index < -0.39 is 8.32 Å². The molecule has 1 rings (SSSR count). The maximum Gasteiger partial charge on any atom is 0.247 e. The van der Waals surface area contributed by atoms with Gasteiger partial charge in [0.05, 0.1) is 6.61 Å². The molecule has 1 radical (unpaired) electrons. The summed E-state index contributed by atoms with van der Waals surface area (Å²) in [7, 11) is -1.76. The molecule has 1 aromatic carbocycles. The number of hydrogen-bond acceptors (Lipinski definition) is 2. The van der Waals surface area contributed by atoms with E-state index in [1.807, 2.05) is 12.1 Å². The molecule has 1 aromatic rings. The van der Waals surface area contributed by atoms with Crippen molar-refractivity contribution in [2.45, 2.75) is 45.5 Å². The Morgan fingerprint density at radius 3 is 2.70 bits per heavy atom. The van der Waals surface area contributed by atoms with Crippen molar-refractivity contribution < 1.29 is 9.22 Å². The molecule has 109 valence electrons. The lowest BCUT2D eigenvalue weighted by Gasteiger charge is -2.36. The highest BCUT2D eigenvalue weighted by molar-refractivity contribution is 6.74. The molecule has 1 N–H and O–H groups in total. The predicted molar refractivity (Wildman–Crippen MR) is 86.1 cm³/mol. The molecule has 0 aliphatic heterocycles. The Kier molecular flexibility index (Phi) is 5.31. The maximum absolute atomic E-state index is 11.3. The first-order chi connectivity index (χ1) is 9.15. The smallest absolute Gasteiger partial charge is 0.247 e. The van der Waals surface area contributed by atoms with Gasteiger partial charge in [0, 0.05) is 11.8 Å². The normalized spacial score (nSPS) is 12.1. The number of carbonyl (C=O) groups excluding carboxylic acids is 1. The molecular weight excluding hydrogens is 266 g/mol. The lowest BCUT2D eigenvalue weighted by atomic mass is 10.2. The van der Waals surface area contributed by atoms with Gasteiger partial charge in [0.15, 0.2) is 8.32 Å². The number of amides is 1. The minimum Gasteiger partial charge on any atom is -0.413 e. The number of hydrogen-bond donors (Lipinski definition) is 1. The molecule has 0 aromatic heterocycles. The van der Waals surface area contributed by atoms with E-state index >= 15 is 0 Å². The third-order valence-electron chi connectivity index (χ3n) is 3.72. The Labute approximate surface area is 123 Å². The van der Waals surface area contributed by atoms with Crippen LogP contribution in [0.2, 0.25) is 18.1 Å². The third-order valence-corrected chi connectivity index (χ3v) is 8.19. The molecule has 0 unspecified atom stereocenters. The minimum atomic E-state index is -1.76. The summed E-state index contributed by atoms with van der Waals surface area (Å²) in [6, 6.07) is 8.61. The van der Waals surface area contributed by atoms with Crippen molar-refractivity contribution in [3.05, 3.63) is 42.5 Å². The standard InChI is InChI=1S/C16H24NO2Si/c1-7-15(18)17-14-10-8-9-13(11-14)12-19-20(5,6)16(2,3)4/h7-9,11H,1,12H2,2-6H3,(H,17,18). The van der Waals surface area contributed by atoms with Crippen LogP contribution in [0.4, 0.5) is 5.69 Å². The van der Waals surface area contributed by atoms with Gasteiger partial charge >= 0.3 is 0 Å². The molecule has 0 heterocycles. The van der Waals surface area contributed by atoms with E-state index in [0.717, 1.165) is 5.56 Å². The number of carbonyl (C=O) groups is 1. The quantitative estimate of drug-likeness (QED) is 0.654. The fourth-order valence-electron chi connectivity index (χ4n) is 1.34. The summed E-state index contributed by atoms with van der Waals surface area (Å²) in [5, 5.41) is 2.89. The molecule has 0 aliphatic rings. The molecule has 0 saturated heterocycles. The Morgan fingerprint density at radius 2 is 2.15 bits per heavy atom. The number of anilines is 1. The van der Waals surface area contributed by atoms with Crippen LogP contribution in [0.5, 0.6) is 0 Å². The summed E-state index contributed by atoms with van der Waals surface area (Å²) in [5.41, 5.74) is 1.68. The van der Waals surface area contributed by atoms with Gasteiger partial charge < -0.3 is 9.74 Å². The highest BCUT2D eigenvalue weighted by Crippen LogP contribution is 2.37. The van der Waals surface area contributed by atoms with Gasteiger partial charge in [-0.15, -0.1) is 0 Å². The molecule has 20 heavy (non-hydrogen) atoms. The van der Waals surface area contributed by atoms with Crippen molar-refractivity contribution in [3.8, 4) is 0 Å². The number of nitrogens with one attached hydrogen (secondary N) is 1. The van der Waals surface area contributed by atoms with E-state index in [0.29, 0.717) is 12.3 Å². The Bertz CT molecular complexity index is 489. The SMILES string of the molecule is C=CC(=O)Nc1[c]ccc(CO[Si](C)(C)C(C)(C)C)c1. The van der Waals surface area contributed by atoms with Gasteiger partial charge in [0.1, 0.15) is 0 Å². The van der Waals surface area contributed by atoms with Crippen LogP contribution in [-0.2, 0) is 15.8 Å². The summed E-state index contributed by atoms with van der Waals surface area (Å²) in [5.74, 6) is -0.233. The first kappa shape index (κ1) is 16.7. The molecule has 3 nitrogen and oxygen atoms in total. The molecule has 0 saturated carbocycles. The van der Waals surface area contributed by atoms with Crippen LogP contribution >= 0.6 is 0 Å². The van der Waals surface area contributed by atoms with Crippen LogP contribution in [0.1, 0.15) is 26.3 Å². The molecule has 4 heteroatoms. The molecule has 0 atom stereocenters. The fourth-order valence-corrected chi connectivity index (χ4v) is 2.30. The number of benzene rings is 1. The zero-order chi connectivity index (χ0) is 15.4. The molecular formula is C16H24NO2Si. The Balaban J connectivity index is 2.72. The van der Waals surface area contributed by atoms with E-state index in [4.69, 9.17) is 4.43 Å². The highest BCUT2D eigenvalue weighted by atomic mass is 28.4. The Hall–Kier alpha value is -1.39. The van der Waals surface area contributed by atoms with Crippen LogP contribution in [-0.4, -0.2) is 14.2 Å². The van der Waals surface area contributed by atoms with Crippen molar-refractivity contribution in [2.75, 3.05) is 5.32 Å². The van der Waals surface area contributed by atoms with Gasteiger partial charge in [0.2, 0.25) is 5.91 Å². The summed E-state index contributed by atoms with van der Waals surface area (Å²) < 4.78 is 6.16. The van der Waals surface area contributed by atoms with Gasteiger partial charge in [-0.2, -0.15) is 0 Å². The maximum atomic E-state index is 11.3. The third kappa shape index (κ3) is 4.61. The average molecular weight is 290 g/mol. The van der Waals surface area contributed by atoms with Crippen LogP contribution in [0, 0.1) is 6.07 Å². The van der Waals surface area contributed by atoms with Crippen LogP contribution in [0.15, 0.2) is 30.9 Å². The average Bonchev–Trinajstić information content (AvgIpc) is 2.35. The summed E-state index contributed by atoms with van der Waals surface area (Å²) in [6.45, 7) is 15.1. The fraction of sp³-hybridized carbons (Fsp3) is 0.438. The lowest BCUT2D eigenvalue weighted by Crippen LogP contribution is -2.40. The van der Waals surface area contributed by atoms with Gasteiger partial charge in [-0.3, -0.25) is 4.79 Å². The Morgan fingerprint density at radius 1 is 1.50 bits per heavy atom. The second kappa shape index (κ2) is 6.37. The first-order valence-corrected chi connectivity index (χ1v) is 9.64. The van der Waals surface area contributed by atoms with Crippen molar-refractivity contribution in [1.29, 1.82) is 0 Å². The van der Waals surface area contributed by atoms with E-state index in [-0.39, 0.29) is 10.9 Å². The first-order valence-electron chi connectivity index (χ1n) is 6.74. The van der Waals surface area contributed by atoms with Crippen molar-refractivity contribution in [2.24, 2.45) is 0 Å². The van der Waals surface area contributed by atoms with E-state index in [1.165, 1.54) is 6.08 Å². The van der Waals surface area contributed by atoms with Gasteiger partial charge in [-0.25, -0.2) is 0 Å². The topological polar surface area (TPSA) is 38.3 Å². The summed E-state index contributed by atoms with van der Waals surface area (Å²) in [6.07, 6.45) is 1.24. The van der Waals surface area contributed by atoms with Crippen molar-refractivity contribution in [3.63, 3.8) is 0 Å². The summed E-state index contributed by atoms with van der Waals surface area (Å²) in [4.78, 5) is 11.3. The lowest BCUT2D eigenvalue weighted by molar-refractivity contribution is -0.111.